The van der Waals surface area contributed by atoms with Gasteiger partial charge < -0.3 is 14.8 Å². The first-order valence-electron chi connectivity index (χ1n) is 7.12. The van der Waals surface area contributed by atoms with E-state index in [1.807, 2.05) is 0 Å². The molecule has 132 valence electrons. The molecule has 0 aromatic heterocycles. The van der Waals surface area contributed by atoms with Crippen LogP contribution in [0.5, 0.6) is 5.75 Å². The zero-order valence-electron chi connectivity index (χ0n) is 13.3. The van der Waals surface area contributed by atoms with Crippen LogP contribution in [0.1, 0.15) is 17.3 Å². The molecule has 8 heteroatoms. The highest BCUT2D eigenvalue weighted by atomic mass is 35.5. The summed E-state index contributed by atoms with van der Waals surface area (Å²) in [6, 6.07) is 8.22. The molecule has 5 nitrogen and oxygen atoms in total. The maximum Gasteiger partial charge on any atom is 0.342 e. The summed E-state index contributed by atoms with van der Waals surface area (Å²) in [5, 5.41) is 2.84. The number of carbonyl (C=O) groups is 2. The number of rotatable bonds is 5. The number of esters is 1. The third kappa shape index (κ3) is 4.84. The molecule has 0 unspecified atom stereocenters. The molecule has 2 rings (SSSR count). The van der Waals surface area contributed by atoms with Crippen molar-refractivity contribution in [1.82, 2.24) is 0 Å². The van der Waals surface area contributed by atoms with Gasteiger partial charge in [0.15, 0.2) is 6.10 Å². The number of ether oxygens (including phenoxy) is 2. The lowest BCUT2D eigenvalue weighted by Crippen LogP contribution is -2.30. The molecule has 0 bridgehead atoms. The highest BCUT2D eigenvalue weighted by Crippen LogP contribution is 2.24. The summed E-state index contributed by atoms with van der Waals surface area (Å²) in [6.45, 7) is 1.36. The standard InChI is InChI=1S/C17H14Cl2FNO4/c1-9(16(22)21-14-5-3-11(19)8-13(14)20)25-17(23)12-7-10(18)4-6-15(12)24-2/h3-9H,1-2H3,(H,21,22)/t9-/m1/s1. The summed E-state index contributed by atoms with van der Waals surface area (Å²) in [5.41, 5.74) is 0.00459. The van der Waals surface area contributed by atoms with Gasteiger partial charge in [0.05, 0.1) is 12.8 Å². The van der Waals surface area contributed by atoms with Crippen molar-refractivity contribution in [3.8, 4) is 5.75 Å². The van der Waals surface area contributed by atoms with Gasteiger partial charge in [-0.2, -0.15) is 0 Å². The monoisotopic (exact) mass is 385 g/mol. The van der Waals surface area contributed by atoms with E-state index in [1.165, 1.54) is 38.3 Å². The number of methoxy groups -OCH3 is 1. The average Bonchev–Trinajstić information content (AvgIpc) is 2.57. The number of halogens is 3. The zero-order chi connectivity index (χ0) is 18.6. The van der Waals surface area contributed by atoms with Crippen molar-refractivity contribution in [1.29, 1.82) is 0 Å². The van der Waals surface area contributed by atoms with Crippen LogP contribution in [0.25, 0.3) is 0 Å². The van der Waals surface area contributed by atoms with Gasteiger partial charge in [-0.3, -0.25) is 4.79 Å². The number of hydrogen-bond donors (Lipinski definition) is 1. The normalized spacial score (nSPS) is 11.6. The second-order valence-corrected chi connectivity index (χ2v) is 5.88. The number of anilines is 1. The molecular weight excluding hydrogens is 372 g/mol. The first-order valence-corrected chi connectivity index (χ1v) is 7.88. The second kappa shape index (κ2) is 8.18. The van der Waals surface area contributed by atoms with Crippen LogP contribution in [0, 0.1) is 5.82 Å². The Labute approximate surface area is 153 Å². The van der Waals surface area contributed by atoms with E-state index in [-0.39, 0.29) is 22.0 Å². The van der Waals surface area contributed by atoms with Crippen LogP contribution in [0.15, 0.2) is 36.4 Å². The third-order valence-corrected chi connectivity index (χ3v) is 3.69. The van der Waals surface area contributed by atoms with Crippen molar-refractivity contribution in [2.45, 2.75) is 13.0 Å². The smallest absolute Gasteiger partial charge is 0.342 e. The molecule has 25 heavy (non-hydrogen) atoms. The molecule has 0 aliphatic rings. The van der Waals surface area contributed by atoms with E-state index in [4.69, 9.17) is 32.7 Å². The van der Waals surface area contributed by atoms with Gasteiger partial charge in [0.2, 0.25) is 0 Å². The van der Waals surface area contributed by atoms with Crippen molar-refractivity contribution >= 4 is 40.8 Å². The Morgan fingerprint density at radius 3 is 2.40 bits per heavy atom. The molecule has 2 aromatic carbocycles. The van der Waals surface area contributed by atoms with Crippen LogP contribution in [0.2, 0.25) is 10.0 Å². The number of carbonyl (C=O) groups excluding carboxylic acids is 2. The van der Waals surface area contributed by atoms with Crippen molar-refractivity contribution in [2.24, 2.45) is 0 Å². The number of hydrogen-bond acceptors (Lipinski definition) is 4. The maximum atomic E-state index is 13.7. The Balaban J connectivity index is 2.08. The molecule has 0 aliphatic carbocycles. The lowest BCUT2D eigenvalue weighted by molar-refractivity contribution is -0.123. The van der Waals surface area contributed by atoms with Crippen molar-refractivity contribution in [3.05, 3.63) is 57.8 Å². The van der Waals surface area contributed by atoms with E-state index in [2.05, 4.69) is 5.32 Å². The van der Waals surface area contributed by atoms with Crippen molar-refractivity contribution in [2.75, 3.05) is 12.4 Å². The second-order valence-electron chi connectivity index (χ2n) is 5.01. The van der Waals surface area contributed by atoms with Gasteiger partial charge in [0.1, 0.15) is 17.1 Å². The fourth-order valence-corrected chi connectivity index (χ4v) is 2.27. The molecule has 1 atom stereocenters. The van der Waals surface area contributed by atoms with Crippen LogP contribution in [-0.2, 0) is 9.53 Å². The van der Waals surface area contributed by atoms with E-state index >= 15 is 0 Å². The quantitative estimate of drug-likeness (QED) is 0.778. The fourth-order valence-electron chi connectivity index (χ4n) is 1.94. The van der Waals surface area contributed by atoms with Gasteiger partial charge in [-0.05, 0) is 43.3 Å². The van der Waals surface area contributed by atoms with E-state index in [0.29, 0.717) is 5.02 Å². The largest absolute Gasteiger partial charge is 0.496 e. The molecule has 1 N–H and O–H groups in total. The van der Waals surface area contributed by atoms with Crippen LogP contribution in [-0.4, -0.2) is 25.1 Å². The van der Waals surface area contributed by atoms with E-state index in [9.17, 15) is 14.0 Å². The lowest BCUT2D eigenvalue weighted by Gasteiger charge is -2.15. The van der Waals surface area contributed by atoms with Gasteiger partial charge in [-0.25, -0.2) is 9.18 Å². The molecule has 0 aliphatic heterocycles. The van der Waals surface area contributed by atoms with Gasteiger partial charge in [0, 0.05) is 10.0 Å². The van der Waals surface area contributed by atoms with Crippen molar-refractivity contribution in [3.63, 3.8) is 0 Å². The molecule has 0 radical (unpaired) electrons. The number of benzene rings is 2. The van der Waals surface area contributed by atoms with Crippen LogP contribution in [0.3, 0.4) is 0 Å². The number of amides is 1. The summed E-state index contributed by atoms with van der Waals surface area (Å²) in [7, 11) is 1.39. The summed E-state index contributed by atoms with van der Waals surface area (Å²) in [4.78, 5) is 24.3. The first kappa shape index (κ1) is 19.0. The topological polar surface area (TPSA) is 64.6 Å². The first-order chi connectivity index (χ1) is 11.8. The third-order valence-electron chi connectivity index (χ3n) is 3.22. The number of nitrogens with one attached hydrogen (secondary N) is 1. The average molecular weight is 386 g/mol. The fraction of sp³-hybridized carbons (Fsp3) is 0.176. The molecule has 2 aromatic rings. The van der Waals surface area contributed by atoms with Gasteiger partial charge in [-0.15, -0.1) is 0 Å². The van der Waals surface area contributed by atoms with Gasteiger partial charge >= 0.3 is 5.97 Å². The van der Waals surface area contributed by atoms with E-state index in [0.717, 1.165) is 6.07 Å². The summed E-state index contributed by atoms with van der Waals surface area (Å²) in [6.07, 6.45) is -1.17. The molecule has 0 spiro atoms. The van der Waals surface area contributed by atoms with E-state index in [1.54, 1.807) is 6.07 Å². The molecule has 0 fully saturated rings. The molecule has 0 saturated heterocycles. The summed E-state index contributed by atoms with van der Waals surface area (Å²) < 4.78 is 23.9. The van der Waals surface area contributed by atoms with Gasteiger partial charge in [0.25, 0.3) is 5.91 Å². The Morgan fingerprint density at radius 2 is 1.76 bits per heavy atom. The Morgan fingerprint density at radius 1 is 1.12 bits per heavy atom. The van der Waals surface area contributed by atoms with Crippen molar-refractivity contribution < 1.29 is 23.5 Å². The predicted molar refractivity (Wildman–Crippen MR) is 92.9 cm³/mol. The summed E-state index contributed by atoms with van der Waals surface area (Å²) >= 11 is 11.5. The minimum Gasteiger partial charge on any atom is -0.496 e. The van der Waals surface area contributed by atoms with Crippen LogP contribution < -0.4 is 10.1 Å². The lowest BCUT2D eigenvalue weighted by atomic mass is 10.2. The summed E-state index contributed by atoms with van der Waals surface area (Å²) in [5.74, 6) is -1.93. The highest BCUT2D eigenvalue weighted by Gasteiger charge is 2.22. The minimum atomic E-state index is -1.17. The Hall–Kier alpha value is -2.31. The molecule has 0 heterocycles. The minimum absolute atomic E-state index is 0.0716. The van der Waals surface area contributed by atoms with E-state index < -0.39 is 23.8 Å². The zero-order valence-corrected chi connectivity index (χ0v) is 14.8. The Bertz CT molecular complexity index is 813. The predicted octanol–water partition coefficient (Wildman–Crippen LogP) is 4.33. The highest BCUT2D eigenvalue weighted by molar-refractivity contribution is 6.31. The molecule has 1 amide bonds. The maximum absolute atomic E-state index is 13.7. The Kier molecular flexibility index (Phi) is 6.22. The molecular formula is C17H14Cl2FNO4. The molecule has 0 saturated carbocycles. The SMILES string of the molecule is COc1ccc(Cl)cc1C(=O)O[C@H](C)C(=O)Nc1ccc(Cl)cc1F. The van der Waals surface area contributed by atoms with Gasteiger partial charge in [-0.1, -0.05) is 23.2 Å². The van der Waals surface area contributed by atoms with Crippen LogP contribution >= 0.6 is 23.2 Å². The van der Waals surface area contributed by atoms with Crippen LogP contribution in [0.4, 0.5) is 10.1 Å².